The molecule has 2 aromatic heterocycles. The standard InChI is InChI=1S/C19H16N6O2/c1-2-25-18(27)12-7-3-4-8-13(12)22-19(25)24-23-17(26)16-11-20-14-9-5-6-10-15(14)21-16/h3-11H,2H2,1H3,(H,22,24)(H,23,26). The Kier molecular flexibility index (Phi) is 4.21. The third kappa shape index (κ3) is 3.08. The number of nitrogens with one attached hydrogen (secondary N) is 2. The minimum atomic E-state index is -0.474. The number of nitrogens with zero attached hydrogens (tertiary/aromatic N) is 4. The monoisotopic (exact) mass is 360 g/mol. The van der Waals surface area contributed by atoms with Gasteiger partial charge in [-0.3, -0.25) is 30.0 Å². The average Bonchev–Trinajstić information content (AvgIpc) is 2.71. The molecule has 134 valence electrons. The van der Waals surface area contributed by atoms with Crippen LogP contribution >= 0.6 is 0 Å². The van der Waals surface area contributed by atoms with Crippen molar-refractivity contribution in [1.29, 1.82) is 0 Å². The smallest absolute Gasteiger partial charge is 0.277 e. The molecule has 0 aliphatic carbocycles. The molecule has 8 heteroatoms. The van der Waals surface area contributed by atoms with Crippen molar-refractivity contribution in [1.82, 2.24) is 24.9 Å². The van der Waals surface area contributed by atoms with E-state index in [0.29, 0.717) is 28.5 Å². The number of hydrazine groups is 1. The molecule has 27 heavy (non-hydrogen) atoms. The van der Waals surface area contributed by atoms with Crippen LogP contribution in [0.5, 0.6) is 0 Å². The first kappa shape index (κ1) is 16.6. The molecule has 2 N–H and O–H groups in total. The van der Waals surface area contributed by atoms with E-state index in [2.05, 4.69) is 25.8 Å². The normalized spacial score (nSPS) is 10.9. The van der Waals surface area contributed by atoms with Crippen molar-refractivity contribution in [3.63, 3.8) is 0 Å². The number of para-hydroxylation sites is 3. The van der Waals surface area contributed by atoms with E-state index in [-0.39, 0.29) is 17.2 Å². The molecule has 0 saturated carbocycles. The van der Waals surface area contributed by atoms with E-state index in [4.69, 9.17) is 0 Å². The Morgan fingerprint density at radius 3 is 2.48 bits per heavy atom. The highest BCUT2D eigenvalue weighted by molar-refractivity contribution is 5.94. The minimum Gasteiger partial charge on any atom is -0.277 e. The topological polar surface area (TPSA) is 102 Å². The molecule has 0 aliphatic rings. The predicted molar refractivity (Wildman–Crippen MR) is 102 cm³/mol. The number of aromatic nitrogens is 4. The molecule has 4 aromatic rings. The van der Waals surface area contributed by atoms with Gasteiger partial charge in [0.1, 0.15) is 5.69 Å². The van der Waals surface area contributed by atoms with Gasteiger partial charge < -0.3 is 0 Å². The molecule has 0 saturated heterocycles. The summed E-state index contributed by atoms with van der Waals surface area (Å²) in [5, 5.41) is 0.525. The Labute approximate surface area is 153 Å². The molecular formula is C19H16N6O2. The largest absolute Gasteiger partial charge is 0.289 e. The lowest BCUT2D eigenvalue weighted by Gasteiger charge is -2.13. The molecule has 0 radical (unpaired) electrons. The summed E-state index contributed by atoms with van der Waals surface area (Å²) >= 11 is 0. The Morgan fingerprint density at radius 1 is 1.00 bits per heavy atom. The van der Waals surface area contributed by atoms with E-state index in [1.165, 1.54) is 10.8 Å². The van der Waals surface area contributed by atoms with Crippen molar-refractivity contribution in [3.05, 3.63) is 70.8 Å². The quantitative estimate of drug-likeness (QED) is 0.541. The van der Waals surface area contributed by atoms with Gasteiger partial charge in [0.25, 0.3) is 11.5 Å². The molecule has 0 aliphatic heterocycles. The van der Waals surface area contributed by atoms with E-state index < -0.39 is 5.91 Å². The highest BCUT2D eigenvalue weighted by Crippen LogP contribution is 2.11. The summed E-state index contributed by atoms with van der Waals surface area (Å²) in [4.78, 5) is 37.9. The van der Waals surface area contributed by atoms with Gasteiger partial charge in [0.2, 0.25) is 5.95 Å². The van der Waals surface area contributed by atoms with Gasteiger partial charge in [-0.25, -0.2) is 9.97 Å². The molecule has 0 fully saturated rings. The number of amides is 1. The average molecular weight is 360 g/mol. The van der Waals surface area contributed by atoms with E-state index in [1.54, 1.807) is 30.3 Å². The van der Waals surface area contributed by atoms with Crippen molar-refractivity contribution >= 4 is 33.8 Å². The molecule has 8 nitrogen and oxygen atoms in total. The number of benzene rings is 2. The zero-order chi connectivity index (χ0) is 18.8. The SMILES string of the molecule is CCn1c(NNC(=O)c2cnc3ccccc3n2)nc2ccccc2c1=O. The van der Waals surface area contributed by atoms with Crippen molar-refractivity contribution in [2.45, 2.75) is 13.5 Å². The summed E-state index contributed by atoms with van der Waals surface area (Å²) in [5.74, 6) is -0.221. The van der Waals surface area contributed by atoms with Crippen molar-refractivity contribution in [3.8, 4) is 0 Å². The van der Waals surface area contributed by atoms with Crippen LogP contribution in [-0.4, -0.2) is 25.4 Å². The first-order chi connectivity index (χ1) is 13.2. The summed E-state index contributed by atoms with van der Waals surface area (Å²) in [6, 6.07) is 14.4. The molecule has 0 bridgehead atoms. The highest BCUT2D eigenvalue weighted by atomic mass is 16.2. The first-order valence-electron chi connectivity index (χ1n) is 8.45. The fourth-order valence-corrected chi connectivity index (χ4v) is 2.80. The Balaban J connectivity index is 1.62. The van der Waals surface area contributed by atoms with Crippen LogP contribution in [0.15, 0.2) is 59.5 Å². The summed E-state index contributed by atoms with van der Waals surface area (Å²) in [5.41, 5.74) is 7.13. The summed E-state index contributed by atoms with van der Waals surface area (Å²) < 4.78 is 1.45. The first-order valence-corrected chi connectivity index (χ1v) is 8.45. The second-order valence-corrected chi connectivity index (χ2v) is 5.83. The van der Waals surface area contributed by atoms with Crippen LogP contribution < -0.4 is 16.4 Å². The number of rotatable bonds is 4. The Morgan fingerprint density at radius 2 is 1.70 bits per heavy atom. The van der Waals surface area contributed by atoms with Crippen molar-refractivity contribution < 1.29 is 4.79 Å². The van der Waals surface area contributed by atoms with E-state index >= 15 is 0 Å². The Hall–Kier alpha value is -3.81. The minimum absolute atomic E-state index is 0.160. The molecule has 1 amide bonds. The zero-order valence-corrected chi connectivity index (χ0v) is 14.5. The lowest BCUT2D eigenvalue weighted by Crippen LogP contribution is -2.34. The van der Waals surface area contributed by atoms with Crippen LogP contribution in [0.2, 0.25) is 0 Å². The number of carbonyl (C=O) groups excluding carboxylic acids is 1. The molecule has 2 aromatic carbocycles. The lowest BCUT2D eigenvalue weighted by molar-refractivity contribution is 0.0957. The van der Waals surface area contributed by atoms with Crippen LogP contribution in [-0.2, 0) is 6.54 Å². The van der Waals surface area contributed by atoms with Gasteiger partial charge in [0.05, 0.1) is 28.1 Å². The van der Waals surface area contributed by atoms with Crippen LogP contribution in [0.4, 0.5) is 5.95 Å². The number of anilines is 1. The van der Waals surface area contributed by atoms with E-state index in [0.717, 1.165) is 0 Å². The highest BCUT2D eigenvalue weighted by Gasteiger charge is 2.12. The third-order valence-electron chi connectivity index (χ3n) is 4.15. The second kappa shape index (κ2) is 6.83. The van der Waals surface area contributed by atoms with Gasteiger partial charge in [-0.15, -0.1) is 0 Å². The van der Waals surface area contributed by atoms with Gasteiger partial charge in [-0.1, -0.05) is 24.3 Å². The maximum Gasteiger partial charge on any atom is 0.289 e. The fourth-order valence-electron chi connectivity index (χ4n) is 2.80. The second-order valence-electron chi connectivity index (χ2n) is 5.83. The summed E-state index contributed by atoms with van der Waals surface area (Å²) in [7, 11) is 0. The van der Waals surface area contributed by atoms with Gasteiger partial charge in [-0.2, -0.15) is 0 Å². The zero-order valence-electron chi connectivity index (χ0n) is 14.5. The molecule has 2 heterocycles. The van der Waals surface area contributed by atoms with Crippen LogP contribution in [0.3, 0.4) is 0 Å². The number of fused-ring (bicyclic) bond motifs is 2. The van der Waals surface area contributed by atoms with Crippen LogP contribution in [0.25, 0.3) is 21.9 Å². The van der Waals surface area contributed by atoms with Gasteiger partial charge >= 0.3 is 0 Å². The number of carbonyl (C=O) groups is 1. The fraction of sp³-hybridized carbons (Fsp3) is 0.105. The molecular weight excluding hydrogens is 344 g/mol. The Bertz CT molecular complexity index is 1220. The third-order valence-corrected chi connectivity index (χ3v) is 4.15. The molecule has 0 spiro atoms. The van der Waals surface area contributed by atoms with Gasteiger partial charge in [-0.05, 0) is 31.2 Å². The van der Waals surface area contributed by atoms with Gasteiger partial charge in [0.15, 0.2) is 0 Å². The number of hydrogen-bond donors (Lipinski definition) is 2. The number of hydrogen-bond acceptors (Lipinski definition) is 6. The van der Waals surface area contributed by atoms with Crippen LogP contribution in [0, 0.1) is 0 Å². The van der Waals surface area contributed by atoms with E-state index in [1.807, 2.05) is 25.1 Å². The summed E-state index contributed by atoms with van der Waals surface area (Å²) in [6.45, 7) is 2.24. The van der Waals surface area contributed by atoms with E-state index in [9.17, 15) is 9.59 Å². The molecule has 0 atom stereocenters. The van der Waals surface area contributed by atoms with Crippen LogP contribution in [0.1, 0.15) is 17.4 Å². The maximum atomic E-state index is 12.6. The molecule has 0 unspecified atom stereocenters. The lowest BCUT2D eigenvalue weighted by atomic mass is 10.2. The predicted octanol–water partition coefficient (Wildman–Crippen LogP) is 2.12. The maximum absolute atomic E-state index is 12.6. The van der Waals surface area contributed by atoms with Crippen molar-refractivity contribution in [2.75, 3.05) is 5.43 Å². The van der Waals surface area contributed by atoms with Gasteiger partial charge in [0, 0.05) is 6.54 Å². The molecule has 4 rings (SSSR count). The van der Waals surface area contributed by atoms with Crippen molar-refractivity contribution in [2.24, 2.45) is 0 Å². The summed E-state index contributed by atoms with van der Waals surface area (Å²) in [6.07, 6.45) is 1.40.